The first-order valence-electron chi connectivity index (χ1n) is 7.75. The molecule has 0 saturated heterocycles. The summed E-state index contributed by atoms with van der Waals surface area (Å²) in [6.07, 6.45) is 1.93. The number of benzene rings is 2. The first-order chi connectivity index (χ1) is 12.5. The average Bonchev–Trinajstić information content (AvgIpc) is 3.18. The van der Waals surface area contributed by atoms with Gasteiger partial charge < -0.3 is 10.1 Å². The molecule has 0 aliphatic carbocycles. The van der Waals surface area contributed by atoms with E-state index in [9.17, 15) is 14.0 Å². The van der Waals surface area contributed by atoms with Gasteiger partial charge in [-0.15, -0.1) is 0 Å². The molecule has 0 aliphatic rings. The number of ether oxygens (including phenoxy) is 1. The Bertz CT molecular complexity index is 893. The molecule has 8 heteroatoms. The minimum Gasteiger partial charge on any atom is -0.449 e. The van der Waals surface area contributed by atoms with Gasteiger partial charge in [0, 0.05) is 5.69 Å². The highest BCUT2D eigenvalue weighted by Crippen LogP contribution is 2.12. The first-order valence-corrected chi connectivity index (χ1v) is 7.75. The van der Waals surface area contributed by atoms with Crippen LogP contribution >= 0.6 is 0 Å². The third-order valence-corrected chi connectivity index (χ3v) is 3.55. The Morgan fingerprint density at radius 2 is 1.81 bits per heavy atom. The molecule has 7 nitrogen and oxygen atoms in total. The maximum atomic E-state index is 12.9. The van der Waals surface area contributed by atoms with Gasteiger partial charge in [0.05, 0.1) is 11.3 Å². The van der Waals surface area contributed by atoms with Crippen molar-refractivity contribution in [3.63, 3.8) is 0 Å². The second-order valence-corrected chi connectivity index (χ2v) is 5.43. The minimum atomic E-state index is -1.01. The normalized spacial score (nSPS) is 11.6. The Kier molecular flexibility index (Phi) is 5.02. The molecule has 1 amide bonds. The lowest BCUT2D eigenvalue weighted by Gasteiger charge is -2.13. The molecule has 0 spiro atoms. The summed E-state index contributed by atoms with van der Waals surface area (Å²) in [4.78, 5) is 28.1. The molecule has 0 radical (unpaired) electrons. The number of aromatic nitrogens is 3. The summed E-state index contributed by atoms with van der Waals surface area (Å²) in [7, 11) is 0. The quantitative estimate of drug-likeness (QED) is 0.712. The van der Waals surface area contributed by atoms with Gasteiger partial charge in [0.2, 0.25) is 0 Å². The Labute approximate surface area is 148 Å². The molecule has 1 heterocycles. The van der Waals surface area contributed by atoms with E-state index in [0.717, 1.165) is 5.69 Å². The molecule has 1 atom stereocenters. The summed E-state index contributed by atoms with van der Waals surface area (Å²) in [6.45, 7) is 1.46. The van der Waals surface area contributed by atoms with Gasteiger partial charge in [-0.05, 0) is 55.5 Å². The van der Waals surface area contributed by atoms with Gasteiger partial charge in [-0.3, -0.25) is 4.79 Å². The summed E-state index contributed by atoms with van der Waals surface area (Å²) < 4.78 is 19.6. The Morgan fingerprint density at radius 3 is 2.42 bits per heavy atom. The summed E-state index contributed by atoms with van der Waals surface area (Å²) in [5, 5.41) is 6.54. The van der Waals surface area contributed by atoms with Crippen LogP contribution in [0.25, 0.3) is 5.69 Å². The van der Waals surface area contributed by atoms with Crippen molar-refractivity contribution in [2.75, 3.05) is 5.32 Å². The van der Waals surface area contributed by atoms with Crippen molar-refractivity contribution in [1.29, 1.82) is 0 Å². The molecule has 1 N–H and O–H groups in total. The fourth-order valence-electron chi connectivity index (χ4n) is 2.15. The molecule has 0 aliphatic heterocycles. The maximum Gasteiger partial charge on any atom is 0.338 e. The Balaban J connectivity index is 1.59. The molecule has 0 fully saturated rings. The van der Waals surface area contributed by atoms with Crippen LogP contribution in [0.3, 0.4) is 0 Å². The monoisotopic (exact) mass is 354 g/mol. The topological polar surface area (TPSA) is 86.1 Å². The molecule has 3 aromatic rings. The zero-order chi connectivity index (χ0) is 18.5. The van der Waals surface area contributed by atoms with E-state index in [1.165, 1.54) is 43.8 Å². The van der Waals surface area contributed by atoms with E-state index in [-0.39, 0.29) is 0 Å². The summed E-state index contributed by atoms with van der Waals surface area (Å²) in [5.41, 5.74) is 1.45. The van der Waals surface area contributed by atoms with Crippen molar-refractivity contribution in [3.8, 4) is 5.69 Å². The summed E-state index contributed by atoms with van der Waals surface area (Å²) in [6, 6.07) is 11.8. The van der Waals surface area contributed by atoms with E-state index >= 15 is 0 Å². The molecule has 2 aromatic carbocycles. The van der Waals surface area contributed by atoms with E-state index in [2.05, 4.69) is 15.4 Å². The van der Waals surface area contributed by atoms with Gasteiger partial charge in [-0.1, -0.05) is 0 Å². The van der Waals surface area contributed by atoms with Crippen molar-refractivity contribution in [1.82, 2.24) is 14.8 Å². The fourth-order valence-corrected chi connectivity index (χ4v) is 2.15. The van der Waals surface area contributed by atoms with Crippen molar-refractivity contribution in [3.05, 3.63) is 72.6 Å². The lowest BCUT2D eigenvalue weighted by Crippen LogP contribution is -2.30. The lowest BCUT2D eigenvalue weighted by molar-refractivity contribution is -0.123. The van der Waals surface area contributed by atoms with Crippen LogP contribution in [0, 0.1) is 5.82 Å². The van der Waals surface area contributed by atoms with Crippen LogP contribution in [0.1, 0.15) is 17.3 Å². The molecular weight excluding hydrogens is 339 g/mol. The lowest BCUT2D eigenvalue weighted by atomic mass is 10.2. The third-order valence-electron chi connectivity index (χ3n) is 3.55. The van der Waals surface area contributed by atoms with E-state index in [1.54, 1.807) is 28.9 Å². The number of rotatable bonds is 5. The number of anilines is 1. The predicted octanol–water partition coefficient (Wildman–Crippen LogP) is 2.59. The van der Waals surface area contributed by atoms with Crippen molar-refractivity contribution < 1.29 is 18.7 Å². The number of nitrogens with one attached hydrogen (secondary N) is 1. The molecular formula is C18H15FN4O3. The molecule has 132 valence electrons. The largest absolute Gasteiger partial charge is 0.449 e. The van der Waals surface area contributed by atoms with Crippen molar-refractivity contribution in [2.24, 2.45) is 0 Å². The van der Waals surface area contributed by atoms with Crippen LogP contribution in [0.5, 0.6) is 0 Å². The van der Waals surface area contributed by atoms with E-state index < -0.39 is 23.8 Å². The number of hydrogen-bond donors (Lipinski definition) is 1. The van der Waals surface area contributed by atoms with E-state index in [4.69, 9.17) is 4.74 Å². The van der Waals surface area contributed by atoms with Gasteiger partial charge in [0.15, 0.2) is 6.10 Å². The zero-order valence-electron chi connectivity index (χ0n) is 13.8. The van der Waals surface area contributed by atoms with Crippen molar-refractivity contribution >= 4 is 17.6 Å². The van der Waals surface area contributed by atoms with Crippen molar-refractivity contribution in [2.45, 2.75) is 13.0 Å². The van der Waals surface area contributed by atoms with Gasteiger partial charge in [-0.2, -0.15) is 5.10 Å². The summed E-state index contributed by atoms with van der Waals surface area (Å²) in [5.74, 6) is -1.54. The second kappa shape index (κ2) is 7.56. The highest BCUT2D eigenvalue weighted by Gasteiger charge is 2.19. The third kappa shape index (κ3) is 4.10. The standard InChI is InChI=1S/C18H15FN4O3/c1-12(17(24)22-15-6-4-14(19)5-7-15)26-18(25)13-2-8-16(9-3-13)23-11-20-10-21-23/h2-12H,1H3,(H,22,24)/t12-/m0/s1. The Hall–Kier alpha value is -3.55. The predicted molar refractivity (Wildman–Crippen MR) is 91.3 cm³/mol. The fraction of sp³-hybridized carbons (Fsp3) is 0.111. The van der Waals surface area contributed by atoms with Crippen LogP contribution in [-0.4, -0.2) is 32.7 Å². The number of hydrogen-bond acceptors (Lipinski definition) is 5. The number of esters is 1. The van der Waals surface area contributed by atoms with Crippen LogP contribution in [0.15, 0.2) is 61.2 Å². The highest BCUT2D eigenvalue weighted by molar-refractivity contribution is 5.97. The average molecular weight is 354 g/mol. The minimum absolute atomic E-state index is 0.301. The number of amides is 1. The van der Waals surface area contributed by atoms with Crippen LogP contribution < -0.4 is 5.32 Å². The van der Waals surface area contributed by atoms with Gasteiger partial charge in [0.1, 0.15) is 18.5 Å². The molecule has 26 heavy (non-hydrogen) atoms. The second-order valence-electron chi connectivity index (χ2n) is 5.43. The smallest absolute Gasteiger partial charge is 0.338 e. The first kappa shape index (κ1) is 17.3. The highest BCUT2D eigenvalue weighted by atomic mass is 19.1. The van der Waals surface area contributed by atoms with E-state index in [1.807, 2.05) is 0 Å². The van der Waals surface area contributed by atoms with Crippen LogP contribution in [0.4, 0.5) is 10.1 Å². The van der Waals surface area contributed by atoms with Gasteiger partial charge in [-0.25, -0.2) is 18.9 Å². The number of carbonyl (C=O) groups excluding carboxylic acids is 2. The summed E-state index contributed by atoms with van der Waals surface area (Å²) >= 11 is 0. The van der Waals surface area contributed by atoms with E-state index in [0.29, 0.717) is 11.3 Å². The van der Waals surface area contributed by atoms with Crippen LogP contribution in [0.2, 0.25) is 0 Å². The molecule has 0 bridgehead atoms. The zero-order valence-corrected chi connectivity index (χ0v) is 13.8. The van der Waals surface area contributed by atoms with Gasteiger partial charge in [0.25, 0.3) is 5.91 Å². The number of carbonyl (C=O) groups is 2. The molecule has 0 saturated carbocycles. The number of nitrogens with zero attached hydrogens (tertiary/aromatic N) is 3. The molecule has 1 aromatic heterocycles. The Morgan fingerprint density at radius 1 is 1.12 bits per heavy atom. The molecule has 3 rings (SSSR count). The SMILES string of the molecule is C[C@H](OC(=O)c1ccc(-n2cncn2)cc1)C(=O)Nc1ccc(F)cc1. The maximum absolute atomic E-state index is 12.9. The van der Waals surface area contributed by atoms with Gasteiger partial charge >= 0.3 is 5.97 Å². The van der Waals surface area contributed by atoms with Crippen LogP contribution in [-0.2, 0) is 9.53 Å². The number of halogens is 1. The molecule has 0 unspecified atom stereocenters.